The molecule has 1 aromatic rings. The molecule has 20 heavy (non-hydrogen) atoms. The first-order chi connectivity index (χ1) is 9.51. The van der Waals surface area contributed by atoms with E-state index in [0.717, 1.165) is 12.8 Å². The summed E-state index contributed by atoms with van der Waals surface area (Å²) >= 11 is 3.28. The van der Waals surface area contributed by atoms with Gasteiger partial charge in [-0.25, -0.2) is 4.79 Å². The van der Waals surface area contributed by atoms with Gasteiger partial charge < -0.3 is 10.0 Å². The first-order valence-corrected chi connectivity index (χ1v) is 7.46. The van der Waals surface area contributed by atoms with Crippen LogP contribution in [-0.2, 0) is 4.79 Å². The Hall–Kier alpha value is -1.43. The molecule has 1 fully saturated rings. The van der Waals surface area contributed by atoms with E-state index in [2.05, 4.69) is 20.9 Å². The van der Waals surface area contributed by atoms with Gasteiger partial charge in [0.1, 0.15) is 5.54 Å². The van der Waals surface area contributed by atoms with Crippen LogP contribution in [0, 0.1) is 0 Å². The Kier molecular flexibility index (Phi) is 4.42. The maximum Gasteiger partial charge on any atom is 0.329 e. The summed E-state index contributed by atoms with van der Waals surface area (Å²) in [7, 11) is 0. The van der Waals surface area contributed by atoms with Crippen LogP contribution in [0.5, 0.6) is 0 Å². The van der Waals surface area contributed by atoms with Crippen molar-refractivity contribution in [1.29, 1.82) is 0 Å². The number of carboxylic acids is 1. The SMILES string of the molecule is CCCC1(C(=O)O)CCCN1C(=O)c1cncc(Br)c1. The Balaban J connectivity index is 2.34. The molecule has 6 heteroatoms. The summed E-state index contributed by atoms with van der Waals surface area (Å²) in [5, 5.41) is 9.60. The number of rotatable bonds is 4. The second-order valence-corrected chi connectivity index (χ2v) is 5.95. The fourth-order valence-electron chi connectivity index (χ4n) is 2.86. The van der Waals surface area contributed by atoms with E-state index in [-0.39, 0.29) is 5.91 Å². The van der Waals surface area contributed by atoms with Crippen molar-refractivity contribution < 1.29 is 14.7 Å². The molecule has 0 bridgehead atoms. The van der Waals surface area contributed by atoms with Crippen LogP contribution < -0.4 is 0 Å². The standard InChI is InChI=1S/C14H17BrN2O3/c1-2-4-14(13(19)20)5-3-6-17(14)12(18)10-7-11(15)9-16-8-10/h7-9H,2-6H2,1H3,(H,19,20). The molecule has 1 saturated heterocycles. The monoisotopic (exact) mass is 340 g/mol. The molecule has 0 aromatic carbocycles. The Morgan fingerprint density at radius 1 is 1.50 bits per heavy atom. The average molecular weight is 341 g/mol. The first kappa shape index (κ1) is 15.0. The summed E-state index contributed by atoms with van der Waals surface area (Å²) in [5.74, 6) is -1.17. The number of carbonyl (C=O) groups is 2. The molecule has 1 aliphatic rings. The highest BCUT2D eigenvalue weighted by molar-refractivity contribution is 9.10. The zero-order chi connectivity index (χ0) is 14.8. The number of nitrogens with zero attached hydrogens (tertiary/aromatic N) is 2. The molecule has 1 unspecified atom stereocenters. The number of halogens is 1. The van der Waals surface area contributed by atoms with E-state index in [9.17, 15) is 14.7 Å². The fraction of sp³-hybridized carbons (Fsp3) is 0.500. The highest BCUT2D eigenvalue weighted by Gasteiger charge is 2.49. The van der Waals surface area contributed by atoms with E-state index in [1.807, 2.05) is 6.92 Å². The number of aromatic nitrogens is 1. The van der Waals surface area contributed by atoms with Gasteiger partial charge in [0.25, 0.3) is 5.91 Å². The Bertz CT molecular complexity index is 535. The van der Waals surface area contributed by atoms with Gasteiger partial charge in [0.05, 0.1) is 5.56 Å². The molecule has 1 amide bonds. The highest BCUT2D eigenvalue weighted by atomic mass is 79.9. The lowest BCUT2D eigenvalue weighted by atomic mass is 9.90. The van der Waals surface area contributed by atoms with Crippen molar-refractivity contribution >= 4 is 27.8 Å². The van der Waals surface area contributed by atoms with Crippen molar-refractivity contribution in [2.45, 2.75) is 38.1 Å². The minimum absolute atomic E-state index is 0.257. The third-order valence-corrected chi connectivity index (χ3v) is 4.18. The molecule has 1 atom stereocenters. The van der Waals surface area contributed by atoms with Crippen molar-refractivity contribution in [2.24, 2.45) is 0 Å². The fourth-order valence-corrected chi connectivity index (χ4v) is 3.23. The Morgan fingerprint density at radius 3 is 2.85 bits per heavy atom. The molecule has 0 aliphatic carbocycles. The van der Waals surface area contributed by atoms with Crippen molar-refractivity contribution in [3.05, 3.63) is 28.5 Å². The van der Waals surface area contributed by atoms with Gasteiger partial charge in [-0.3, -0.25) is 9.78 Å². The van der Waals surface area contributed by atoms with Crippen molar-refractivity contribution in [3.8, 4) is 0 Å². The average Bonchev–Trinajstić information content (AvgIpc) is 2.83. The quantitative estimate of drug-likeness (QED) is 0.914. The van der Waals surface area contributed by atoms with Crippen LogP contribution in [0.3, 0.4) is 0 Å². The molecule has 108 valence electrons. The second kappa shape index (κ2) is 5.91. The molecule has 1 aliphatic heterocycles. The predicted octanol–water partition coefficient (Wildman–Crippen LogP) is 2.70. The number of aliphatic carboxylic acids is 1. The largest absolute Gasteiger partial charge is 0.479 e. The van der Waals surface area contributed by atoms with Crippen LogP contribution in [0.1, 0.15) is 43.0 Å². The number of hydrogen-bond acceptors (Lipinski definition) is 3. The summed E-state index contributed by atoms with van der Waals surface area (Å²) in [5.41, 5.74) is -0.642. The van der Waals surface area contributed by atoms with Crippen LogP contribution in [0.15, 0.2) is 22.9 Å². The lowest BCUT2D eigenvalue weighted by Crippen LogP contribution is -2.53. The Labute approximate surface area is 126 Å². The van der Waals surface area contributed by atoms with Crippen LogP contribution in [0.2, 0.25) is 0 Å². The second-order valence-electron chi connectivity index (χ2n) is 5.04. The molecule has 0 radical (unpaired) electrons. The lowest BCUT2D eigenvalue weighted by molar-refractivity contribution is -0.148. The van der Waals surface area contributed by atoms with Gasteiger partial charge in [0, 0.05) is 23.4 Å². The van der Waals surface area contributed by atoms with Crippen LogP contribution in [0.25, 0.3) is 0 Å². The van der Waals surface area contributed by atoms with Gasteiger partial charge >= 0.3 is 5.97 Å². The zero-order valence-corrected chi connectivity index (χ0v) is 12.9. The molecular formula is C14H17BrN2O3. The molecule has 0 spiro atoms. The predicted molar refractivity (Wildman–Crippen MR) is 77.5 cm³/mol. The molecule has 2 heterocycles. The topological polar surface area (TPSA) is 70.5 Å². The molecule has 1 N–H and O–H groups in total. The van der Waals surface area contributed by atoms with E-state index in [0.29, 0.717) is 29.4 Å². The maximum absolute atomic E-state index is 12.6. The van der Waals surface area contributed by atoms with E-state index < -0.39 is 11.5 Å². The molecular weight excluding hydrogens is 324 g/mol. The highest BCUT2D eigenvalue weighted by Crippen LogP contribution is 2.35. The summed E-state index contributed by atoms with van der Waals surface area (Å²) in [6.07, 6.45) is 5.52. The van der Waals surface area contributed by atoms with Gasteiger partial charge in [0.15, 0.2) is 0 Å². The van der Waals surface area contributed by atoms with Gasteiger partial charge in [-0.1, -0.05) is 13.3 Å². The number of carbonyl (C=O) groups excluding carboxylic acids is 1. The molecule has 1 aromatic heterocycles. The smallest absolute Gasteiger partial charge is 0.329 e. The number of likely N-dealkylation sites (tertiary alicyclic amines) is 1. The number of carboxylic acid groups (broad SMARTS) is 1. The summed E-state index contributed by atoms with van der Waals surface area (Å²) in [4.78, 5) is 29.8. The van der Waals surface area contributed by atoms with Crippen LogP contribution >= 0.6 is 15.9 Å². The van der Waals surface area contributed by atoms with Gasteiger partial charge in [-0.05, 0) is 41.3 Å². The first-order valence-electron chi connectivity index (χ1n) is 6.67. The van der Waals surface area contributed by atoms with E-state index in [1.165, 1.54) is 11.1 Å². The Morgan fingerprint density at radius 2 is 2.25 bits per heavy atom. The molecule has 2 rings (SSSR count). The lowest BCUT2D eigenvalue weighted by Gasteiger charge is -2.34. The van der Waals surface area contributed by atoms with Gasteiger partial charge in [-0.15, -0.1) is 0 Å². The van der Waals surface area contributed by atoms with Gasteiger partial charge in [0.2, 0.25) is 0 Å². The minimum Gasteiger partial charge on any atom is -0.479 e. The van der Waals surface area contributed by atoms with Crippen LogP contribution in [0.4, 0.5) is 0 Å². The number of pyridine rings is 1. The van der Waals surface area contributed by atoms with Crippen LogP contribution in [-0.4, -0.2) is 39.0 Å². The maximum atomic E-state index is 12.6. The van der Waals surface area contributed by atoms with Crippen molar-refractivity contribution in [1.82, 2.24) is 9.88 Å². The molecule has 0 saturated carbocycles. The normalized spacial score (nSPS) is 22.0. The van der Waals surface area contributed by atoms with Crippen molar-refractivity contribution in [3.63, 3.8) is 0 Å². The summed E-state index contributed by atoms with van der Waals surface area (Å²) in [6.45, 7) is 2.42. The third-order valence-electron chi connectivity index (χ3n) is 3.75. The van der Waals surface area contributed by atoms with Crippen molar-refractivity contribution in [2.75, 3.05) is 6.54 Å². The number of amides is 1. The summed E-state index contributed by atoms with van der Waals surface area (Å²) in [6, 6.07) is 1.67. The van der Waals surface area contributed by atoms with E-state index in [1.54, 1.807) is 12.3 Å². The molecule has 5 nitrogen and oxygen atoms in total. The third kappa shape index (κ3) is 2.57. The summed E-state index contributed by atoms with van der Waals surface area (Å²) < 4.78 is 0.707. The zero-order valence-electron chi connectivity index (χ0n) is 11.3. The minimum atomic E-state index is -1.06. The van der Waals surface area contributed by atoms with E-state index >= 15 is 0 Å². The van der Waals surface area contributed by atoms with Gasteiger partial charge in [-0.2, -0.15) is 0 Å². The number of hydrogen-bond donors (Lipinski definition) is 1. The van der Waals surface area contributed by atoms with E-state index in [4.69, 9.17) is 0 Å².